The first kappa shape index (κ1) is 7.41. The Morgan fingerprint density at radius 3 is 2.92 bits per heavy atom. The first-order valence-electron chi connectivity index (χ1n) is 3.52. The smallest absolute Gasteiger partial charge is 0.0674 e. The highest BCUT2D eigenvalue weighted by Gasteiger charge is 2.02. The Bertz CT molecular complexity index is 488. The third-order valence-electron chi connectivity index (χ3n) is 1.78. The summed E-state index contributed by atoms with van der Waals surface area (Å²) in [5.74, 6) is 0. The summed E-state index contributed by atoms with van der Waals surface area (Å²) in [6, 6.07) is 4.49. The van der Waals surface area contributed by atoms with Crippen LogP contribution in [-0.4, -0.2) is 0 Å². The fourth-order valence-corrected chi connectivity index (χ4v) is 6.86. The summed E-state index contributed by atoms with van der Waals surface area (Å²) in [7, 11) is 2.91. The summed E-state index contributed by atoms with van der Waals surface area (Å²) in [6.07, 6.45) is 0. The van der Waals surface area contributed by atoms with Crippen molar-refractivity contribution >= 4 is 58.0 Å². The zero-order chi connectivity index (χ0) is 7.97. The molecule has 0 bridgehead atoms. The van der Waals surface area contributed by atoms with E-state index in [9.17, 15) is 0 Å². The van der Waals surface area contributed by atoms with Gasteiger partial charge in [-0.1, -0.05) is 0 Å². The van der Waals surface area contributed by atoms with Crippen molar-refractivity contribution < 1.29 is 0 Å². The normalized spacial score (nSPS) is 12.7. The summed E-state index contributed by atoms with van der Waals surface area (Å²) in [5.41, 5.74) is 0. The second-order valence-corrected chi connectivity index (χ2v) is 7.14. The number of hydrogen-bond acceptors (Lipinski definition) is 2. The molecule has 58 valence electrons. The van der Waals surface area contributed by atoms with Crippen LogP contribution >= 0.6 is 38.4 Å². The number of rotatable bonds is 0. The largest absolute Gasteiger partial charge is 0.143 e. The Labute approximate surface area is 81.0 Å². The fourth-order valence-electron chi connectivity index (χ4n) is 1.23. The third-order valence-corrected chi connectivity index (χ3v) is 7.25. The fraction of sp³-hybridized carbons (Fsp3) is 0. The second-order valence-electron chi connectivity index (χ2n) is 2.47. The molecule has 0 radical (unpaired) electrons. The maximum Gasteiger partial charge on any atom is 0.0674 e. The minimum absolute atomic E-state index is 1.46. The van der Waals surface area contributed by atoms with Crippen LogP contribution in [-0.2, 0) is 0 Å². The molecule has 3 heterocycles. The molecule has 0 N–H and O–H groups in total. The average Bonchev–Trinajstić information content (AvgIpc) is 2.71. The third kappa shape index (κ3) is 0.963. The van der Waals surface area contributed by atoms with E-state index in [1.165, 1.54) is 35.4 Å². The summed E-state index contributed by atoms with van der Waals surface area (Å²) >= 11 is 3.75. The van der Waals surface area contributed by atoms with Gasteiger partial charge in [0.05, 0.1) is 4.43 Å². The van der Waals surface area contributed by atoms with Gasteiger partial charge in [0.2, 0.25) is 0 Å². The predicted octanol–water partition coefficient (Wildman–Crippen LogP) is 5.28. The molecule has 3 rings (SSSR count). The Balaban J connectivity index is 2.71. The van der Waals surface area contributed by atoms with Crippen LogP contribution in [0.4, 0.5) is 0 Å². The van der Waals surface area contributed by atoms with E-state index >= 15 is 0 Å². The van der Waals surface area contributed by atoms with Crippen molar-refractivity contribution in [3.05, 3.63) is 22.9 Å². The molecule has 0 unspecified atom stereocenters. The molecule has 0 amide bonds. The van der Waals surface area contributed by atoms with Gasteiger partial charge in [-0.05, 0) is 38.6 Å². The van der Waals surface area contributed by atoms with Gasteiger partial charge in [-0.25, -0.2) is 0 Å². The number of fused-ring (bicyclic) bond motifs is 3. The SMILES string of the molecule is c1cc2c(ppc3ccsc32)s1. The maximum absolute atomic E-state index is 2.25. The second kappa shape index (κ2) is 2.75. The van der Waals surface area contributed by atoms with Crippen molar-refractivity contribution in [3.63, 3.8) is 0 Å². The van der Waals surface area contributed by atoms with Crippen LogP contribution in [0.15, 0.2) is 22.9 Å². The highest BCUT2D eigenvalue weighted by Crippen LogP contribution is 2.44. The molecule has 0 spiro atoms. The molecule has 12 heavy (non-hydrogen) atoms. The molecule has 0 saturated heterocycles. The summed E-state index contributed by atoms with van der Waals surface area (Å²) in [6.45, 7) is 0. The van der Waals surface area contributed by atoms with Crippen molar-refractivity contribution in [1.82, 2.24) is 0 Å². The van der Waals surface area contributed by atoms with Gasteiger partial charge in [-0.2, -0.15) is 0 Å². The van der Waals surface area contributed by atoms with Crippen LogP contribution in [0.3, 0.4) is 0 Å². The van der Waals surface area contributed by atoms with Gasteiger partial charge < -0.3 is 0 Å². The lowest BCUT2D eigenvalue weighted by atomic mass is 10.4. The lowest BCUT2D eigenvalue weighted by molar-refractivity contribution is 2.21. The Hall–Kier alpha value is -0.0000000000000000555. The van der Waals surface area contributed by atoms with E-state index in [4.69, 9.17) is 0 Å². The van der Waals surface area contributed by atoms with E-state index in [-0.39, 0.29) is 0 Å². The standard InChI is InChI=1S/C8H4P2S2/c1-3-12-8-5(1)7-6(9-10-8)2-4-11-7/h1-4H. The van der Waals surface area contributed by atoms with Crippen LogP contribution in [0, 0.1) is 0 Å². The van der Waals surface area contributed by atoms with Crippen LogP contribution < -0.4 is 0 Å². The first-order valence-corrected chi connectivity index (χ1v) is 7.77. The van der Waals surface area contributed by atoms with E-state index < -0.39 is 0 Å². The van der Waals surface area contributed by atoms with Crippen molar-refractivity contribution in [2.24, 2.45) is 0 Å². The zero-order valence-electron chi connectivity index (χ0n) is 6.02. The number of thiophene rings is 2. The lowest BCUT2D eigenvalue weighted by Crippen LogP contribution is -1.53. The molecule has 0 aliphatic heterocycles. The van der Waals surface area contributed by atoms with Gasteiger partial charge >= 0.3 is 0 Å². The van der Waals surface area contributed by atoms with E-state index in [1.807, 2.05) is 22.7 Å². The molecule has 3 aromatic heterocycles. The molecule has 3 aromatic rings. The highest BCUT2D eigenvalue weighted by atomic mass is 32.1. The number of hydrogen-bond donors (Lipinski definition) is 0. The molecular weight excluding hydrogens is 222 g/mol. The zero-order valence-corrected chi connectivity index (χ0v) is 9.44. The van der Waals surface area contributed by atoms with Crippen LogP contribution in [0.5, 0.6) is 0 Å². The van der Waals surface area contributed by atoms with Crippen molar-refractivity contribution in [1.29, 1.82) is 0 Å². The van der Waals surface area contributed by atoms with Gasteiger partial charge in [0, 0.05) is 15.2 Å². The quantitative estimate of drug-likeness (QED) is 0.489. The maximum atomic E-state index is 2.25. The highest BCUT2D eigenvalue weighted by molar-refractivity contribution is 7.97. The molecule has 0 atom stereocenters. The molecule has 0 nitrogen and oxygen atoms in total. The Morgan fingerprint density at radius 1 is 1.00 bits per heavy atom. The molecule has 0 aromatic carbocycles. The lowest BCUT2D eigenvalue weighted by Gasteiger charge is -1.88. The van der Waals surface area contributed by atoms with Crippen molar-refractivity contribution in [3.8, 4) is 0 Å². The van der Waals surface area contributed by atoms with E-state index in [0.29, 0.717) is 0 Å². The van der Waals surface area contributed by atoms with Gasteiger partial charge in [-0.15, -0.1) is 22.7 Å². The molecule has 4 heteroatoms. The van der Waals surface area contributed by atoms with E-state index in [1.54, 1.807) is 0 Å². The molecule has 0 fully saturated rings. The monoisotopic (exact) mass is 226 g/mol. The van der Waals surface area contributed by atoms with Gasteiger partial charge in [0.15, 0.2) is 0 Å². The molecule has 0 aliphatic rings. The average molecular weight is 226 g/mol. The summed E-state index contributed by atoms with van der Waals surface area (Å²) in [5, 5.41) is 7.38. The van der Waals surface area contributed by atoms with Crippen LogP contribution in [0.25, 0.3) is 19.6 Å². The topological polar surface area (TPSA) is 0 Å². The minimum Gasteiger partial charge on any atom is -0.143 e. The van der Waals surface area contributed by atoms with Crippen molar-refractivity contribution in [2.45, 2.75) is 0 Å². The summed E-state index contributed by atoms with van der Waals surface area (Å²) < 4.78 is 3.03. The van der Waals surface area contributed by atoms with E-state index in [0.717, 1.165) is 0 Å². The summed E-state index contributed by atoms with van der Waals surface area (Å²) in [4.78, 5) is 0. The Morgan fingerprint density at radius 2 is 1.92 bits per heavy atom. The van der Waals surface area contributed by atoms with Gasteiger partial charge in [0.25, 0.3) is 0 Å². The molecule has 0 aliphatic carbocycles. The Kier molecular flexibility index (Phi) is 1.70. The van der Waals surface area contributed by atoms with Crippen LogP contribution in [0.2, 0.25) is 0 Å². The van der Waals surface area contributed by atoms with Gasteiger partial charge in [-0.3, -0.25) is 0 Å². The molecular formula is C8H4P2S2. The first-order chi connectivity index (χ1) is 5.95. The molecule has 0 saturated carbocycles. The predicted molar refractivity (Wildman–Crippen MR) is 62.2 cm³/mol. The van der Waals surface area contributed by atoms with Crippen molar-refractivity contribution in [2.75, 3.05) is 0 Å². The van der Waals surface area contributed by atoms with E-state index in [2.05, 4.69) is 22.9 Å². The minimum atomic E-state index is 1.46. The van der Waals surface area contributed by atoms with Gasteiger partial charge in [0.1, 0.15) is 0 Å². The van der Waals surface area contributed by atoms with Crippen LogP contribution in [0.1, 0.15) is 0 Å².